The third-order valence-electron chi connectivity index (χ3n) is 1.80. The highest BCUT2D eigenvalue weighted by Gasteiger charge is 2.12. The van der Waals surface area contributed by atoms with Gasteiger partial charge in [0.2, 0.25) is 0 Å². The number of nitrogen functional groups attached to an aromatic ring is 1. The standard InChI is InChI=1S/C8H15N3O/c1-5(2)11-8(9)7(4-10-11)6(3)12/h4-6,12H,9H2,1-3H3/t6-/m1/s1. The first-order valence-electron chi connectivity index (χ1n) is 4.05. The van der Waals surface area contributed by atoms with Gasteiger partial charge in [-0.05, 0) is 20.8 Å². The third kappa shape index (κ3) is 1.43. The summed E-state index contributed by atoms with van der Waals surface area (Å²) in [6.45, 7) is 5.67. The molecule has 0 unspecified atom stereocenters. The van der Waals surface area contributed by atoms with E-state index in [-0.39, 0.29) is 6.04 Å². The minimum Gasteiger partial charge on any atom is -0.389 e. The van der Waals surface area contributed by atoms with Crippen molar-refractivity contribution in [2.45, 2.75) is 32.9 Å². The van der Waals surface area contributed by atoms with Crippen molar-refractivity contribution in [3.63, 3.8) is 0 Å². The van der Waals surface area contributed by atoms with Crippen LogP contribution >= 0.6 is 0 Å². The van der Waals surface area contributed by atoms with Crippen LogP contribution < -0.4 is 5.73 Å². The summed E-state index contributed by atoms with van der Waals surface area (Å²) in [4.78, 5) is 0. The van der Waals surface area contributed by atoms with E-state index in [0.717, 1.165) is 0 Å². The van der Waals surface area contributed by atoms with Gasteiger partial charge in [0, 0.05) is 11.6 Å². The number of aliphatic hydroxyl groups is 1. The zero-order valence-corrected chi connectivity index (χ0v) is 7.65. The summed E-state index contributed by atoms with van der Waals surface area (Å²) >= 11 is 0. The molecule has 1 aromatic heterocycles. The Morgan fingerprint density at radius 2 is 2.08 bits per heavy atom. The summed E-state index contributed by atoms with van der Waals surface area (Å²) in [7, 11) is 0. The fourth-order valence-electron chi connectivity index (χ4n) is 1.12. The molecule has 0 aliphatic heterocycles. The Morgan fingerprint density at radius 1 is 1.50 bits per heavy atom. The number of nitrogens with two attached hydrogens (primary N) is 1. The number of aromatic nitrogens is 2. The van der Waals surface area contributed by atoms with Crippen molar-refractivity contribution in [1.82, 2.24) is 9.78 Å². The van der Waals surface area contributed by atoms with Gasteiger partial charge in [-0.15, -0.1) is 0 Å². The van der Waals surface area contributed by atoms with Gasteiger partial charge >= 0.3 is 0 Å². The number of anilines is 1. The highest BCUT2D eigenvalue weighted by atomic mass is 16.3. The molecule has 1 aromatic rings. The van der Waals surface area contributed by atoms with Crippen LogP contribution in [0.5, 0.6) is 0 Å². The van der Waals surface area contributed by atoms with Gasteiger partial charge in [0.15, 0.2) is 0 Å². The summed E-state index contributed by atoms with van der Waals surface area (Å²) in [5.74, 6) is 0.556. The first-order chi connectivity index (χ1) is 5.54. The van der Waals surface area contributed by atoms with E-state index in [9.17, 15) is 5.11 Å². The first-order valence-corrected chi connectivity index (χ1v) is 4.05. The average Bonchev–Trinajstić information content (AvgIpc) is 2.30. The molecule has 0 amide bonds. The Kier molecular flexibility index (Phi) is 2.38. The van der Waals surface area contributed by atoms with Gasteiger partial charge in [-0.1, -0.05) is 0 Å². The van der Waals surface area contributed by atoms with Gasteiger partial charge < -0.3 is 10.8 Å². The van der Waals surface area contributed by atoms with Crippen molar-refractivity contribution < 1.29 is 5.11 Å². The molecule has 12 heavy (non-hydrogen) atoms. The average molecular weight is 169 g/mol. The molecule has 3 N–H and O–H groups in total. The quantitative estimate of drug-likeness (QED) is 0.696. The van der Waals surface area contributed by atoms with Crippen molar-refractivity contribution in [2.75, 3.05) is 5.73 Å². The SMILES string of the molecule is CC(C)n1ncc([C@@H](C)O)c1N. The second-order valence-corrected chi connectivity index (χ2v) is 3.20. The molecular weight excluding hydrogens is 154 g/mol. The van der Waals surface area contributed by atoms with Gasteiger partial charge in [-0.3, -0.25) is 0 Å². The van der Waals surface area contributed by atoms with Gasteiger partial charge in [-0.2, -0.15) is 5.10 Å². The molecule has 4 heteroatoms. The van der Waals surface area contributed by atoms with Crippen LogP contribution in [0.25, 0.3) is 0 Å². The number of rotatable bonds is 2. The van der Waals surface area contributed by atoms with E-state index in [2.05, 4.69) is 5.10 Å². The summed E-state index contributed by atoms with van der Waals surface area (Å²) in [6, 6.07) is 0.234. The monoisotopic (exact) mass is 169 g/mol. The van der Waals surface area contributed by atoms with Crippen LogP contribution in [-0.4, -0.2) is 14.9 Å². The van der Waals surface area contributed by atoms with E-state index in [1.54, 1.807) is 17.8 Å². The van der Waals surface area contributed by atoms with Gasteiger partial charge in [0.1, 0.15) is 5.82 Å². The fraction of sp³-hybridized carbons (Fsp3) is 0.625. The molecule has 0 aliphatic rings. The minimum atomic E-state index is -0.544. The number of hydrogen-bond acceptors (Lipinski definition) is 3. The van der Waals surface area contributed by atoms with E-state index in [1.807, 2.05) is 13.8 Å². The summed E-state index contributed by atoms with van der Waals surface area (Å²) in [6.07, 6.45) is 1.07. The molecule has 1 rings (SSSR count). The highest BCUT2D eigenvalue weighted by molar-refractivity contribution is 5.40. The van der Waals surface area contributed by atoms with E-state index in [1.165, 1.54) is 0 Å². The first kappa shape index (κ1) is 9.06. The van der Waals surface area contributed by atoms with E-state index < -0.39 is 6.10 Å². The molecule has 0 bridgehead atoms. The molecule has 4 nitrogen and oxygen atoms in total. The normalized spacial score (nSPS) is 13.8. The van der Waals surface area contributed by atoms with E-state index >= 15 is 0 Å². The van der Waals surface area contributed by atoms with Crippen LogP contribution in [0.15, 0.2) is 6.20 Å². The minimum absolute atomic E-state index is 0.234. The fourth-order valence-corrected chi connectivity index (χ4v) is 1.12. The Labute approximate surface area is 72.0 Å². The lowest BCUT2D eigenvalue weighted by atomic mass is 10.2. The molecule has 0 saturated carbocycles. The molecule has 68 valence electrons. The predicted octanol–water partition coefficient (Wildman–Crippen LogP) is 1.10. The molecule has 1 heterocycles. The molecule has 0 fully saturated rings. The van der Waals surface area contributed by atoms with Gasteiger partial charge in [-0.25, -0.2) is 4.68 Å². The van der Waals surface area contributed by atoms with Crippen molar-refractivity contribution in [2.24, 2.45) is 0 Å². The van der Waals surface area contributed by atoms with Crippen LogP contribution in [0, 0.1) is 0 Å². The second kappa shape index (κ2) is 3.15. The zero-order valence-electron chi connectivity index (χ0n) is 7.65. The molecular formula is C8H15N3O. The largest absolute Gasteiger partial charge is 0.389 e. The molecule has 0 aromatic carbocycles. The van der Waals surface area contributed by atoms with Crippen molar-refractivity contribution in [3.05, 3.63) is 11.8 Å². The maximum atomic E-state index is 9.27. The lowest BCUT2D eigenvalue weighted by Crippen LogP contribution is -2.08. The third-order valence-corrected chi connectivity index (χ3v) is 1.80. The Morgan fingerprint density at radius 3 is 2.33 bits per heavy atom. The van der Waals surface area contributed by atoms with Crippen LogP contribution in [0.2, 0.25) is 0 Å². The molecule has 0 aliphatic carbocycles. The molecule has 0 saturated heterocycles. The topological polar surface area (TPSA) is 64.1 Å². The second-order valence-electron chi connectivity index (χ2n) is 3.20. The molecule has 0 radical (unpaired) electrons. The summed E-state index contributed by atoms with van der Waals surface area (Å²) in [5, 5.41) is 13.3. The van der Waals surface area contributed by atoms with Crippen LogP contribution in [0.1, 0.15) is 38.5 Å². The smallest absolute Gasteiger partial charge is 0.127 e. The molecule has 1 atom stereocenters. The van der Waals surface area contributed by atoms with Gasteiger partial charge in [0.05, 0.1) is 12.3 Å². The number of aliphatic hydroxyl groups excluding tert-OH is 1. The van der Waals surface area contributed by atoms with Crippen LogP contribution in [-0.2, 0) is 0 Å². The van der Waals surface area contributed by atoms with E-state index in [0.29, 0.717) is 11.4 Å². The lowest BCUT2D eigenvalue weighted by Gasteiger charge is -2.08. The van der Waals surface area contributed by atoms with Crippen molar-refractivity contribution >= 4 is 5.82 Å². The van der Waals surface area contributed by atoms with E-state index in [4.69, 9.17) is 5.73 Å². The maximum absolute atomic E-state index is 9.27. The number of nitrogens with zero attached hydrogens (tertiary/aromatic N) is 2. The van der Waals surface area contributed by atoms with Crippen LogP contribution in [0.4, 0.5) is 5.82 Å². The van der Waals surface area contributed by atoms with Crippen LogP contribution in [0.3, 0.4) is 0 Å². The highest BCUT2D eigenvalue weighted by Crippen LogP contribution is 2.21. The Balaban J connectivity index is 3.04. The Hall–Kier alpha value is -1.03. The lowest BCUT2D eigenvalue weighted by molar-refractivity contribution is 0.200. The zero-order chi connectivity index (χ0) is 9.30. The predicted molar refractivity (Wildman–Crippen MR) is 47.7 cm³/mol. The van der Waals surface area contributed by atoms with Crippen molar-refractivity contribution in [1.29, 1.82) is 0 Å². The summed E-state index contributed by atoms with van der Waals surface area (Å²) in [5.41, 5.74) is 6.44. The van der Waals surface area contributed by atoms with Crippen molar-refractivity contribution in [3.8, 4) is 0 Å². The molecule has 0 spiro atoms. The Bertz CT molecular complexity index is 240. The summed E-state index contributed by atoms with van der Waals surface area (Å²) < 4.78 is 1.70. The maximum Gasteiger partial charge on any atom is 0.127 e. The number of hydrogen-bond donors (Lipinski definition) is 2. The van der Waals surface area contributed by atoms with Gasteiger partial charge in [0.25, 0.3) is 0 Å².